The summed E-state index contributed by atoms with van der Waals surface area (Å²) in [5, 5.41) is 10.3. The Kier molecular flexibility index (Phi) is 3.19. The first-order chi connectivity index (χ1) is 8.15. The Labute approximate surface area is 103 Å². The number of hydrogen-bond donors (Lipinski definition) is 1. The molecule has 0 aliphatic rings. The number of benzene rings is 2. The van der Waals surface area contributed by atoms with E-state index in [1.165, 1.54) is 11.1 Å². The van der Waals surface area contributed by atoms with Crippen LogP contribution in [-0.2, 0) is 6.42 Å². The van der Waals surface area contributed by atoms with Gasteiger partial charge in [-0.05, 0) is 42.5 Å². The molecule has 0 heterocycles. The molecule has 0 aliphatic carbocycles. The van der Waals surface area contributed by atoms with Crippen LogP contribution in [0.5, 0.6) is 5.75 Å². The largest absolute Gasteiger partial charge is 0.507 e. The van der Waals surface area contributed by atoms with Gasteiger partial charge in [0.1, 0.15) is 5.75 Å². The third-order valence-corrected chi connectivity index (χ3v) is 3.25. The van der Waals surface area contributed by atoms with E-state index in [4.69, 9.17) is 0 Å². The Balaban J connectivity index is 2.69. The predicted octanol–water partition coefficient (Wildman–Crippen LogP) is 4.24. The summed E-state index contributed by atoms with van der Waals surface area (Å²) in [6.45, 7) is 6.23. The smallest absolute Gasteiger partial charge is 0.126 e. The molecule has 2 aromatic rings. The molecule has 0 spiro atoms. The highest BCUT2D eigenvalue weighted by Gasteiger charge is 2.11. The van der Waals surface area contributed by atoms with Crippen LogP contribution in [-0.4, -0.2) is 5.11 Å². The van der Waals surface area contributed by atoms with E-state index in [1.54, 1.807) is 0 Å². The number of aromatic hydroxyl groups is 1. The molecule has 2 aromatic carbocycles. The van der Waals surface area contributed by atoms with Gasteiger partial charge in [-0.25, -0.2) is 0 Å². The van der Waals surface area contributed by atoms with Gasteiger partial charge < -0.3 is 5.11 Å². The normalized spacial score (nSPS) is 10.5. The quantitative estimate of drug-likeness (QED) is 0.812. The van der Waals surface area contributed by atoms with E-state index in [0.717, 1.165) is 23.1 Å². The van der Waals surface area contributed by atoms with Crippen LogP contribution >= 0.6 is 0 Å². The SMILES string of the molecule is CCc1cccc(-c2c(C)cccc2C)c1O. The minimum atomic E-state index is 0.424. The summed E-state index contributed by atoms with van der Waals surface area (Å²) in [4.78, 5) is 0. The van der Waals surface area contributed by atoms with Crippen molar-refractivity contribution in [3.63, 3.8) is 0 Å². The fourth-order valence-electron chi connectivity index (χ4n) is 2.32. The molecule has 0 atom stereocenters. The lowest BCUT2D eigenvalue weighted by Crippen LogP contribution is -1.91. The van der Waals surface area contributed by atoms with Crippen molar-refractivity contribution in [1.29, 1.82) is 0 Å². The van der Waals surface area contributed by atoms with Gasteiger partial charge in [0.2, 0.25) is 0 Å². The van der Waals surface area contributed by atoms with Crippen molar-refractivity contribution in [2.24, 2.45) is 0 Å². The van der Waals surface area contributed by atoms with Crippen molar-refractivity contribution >= 4 is 0 Å². The lowest BCUT2D eigenvalue weighted by molar-refractivity contribution is 0.471. The number of phenolic OH excluding ortho intramolecular Hbond substituents is 1. The van der Waals surface area contributed by atoms with Crippen molar-refractivity contribution in [1.82, 2.24) is 0 Å². The highest BCUT2D eigenvalue weighted by Crippen LogP contribution is 2.36. The monoisotopic (exact) mass is 226 g/mol. The minimum Gasteiger partial charge on any atom is -0.507 e. The Morgan fingerprint density at radius 3 is 2.12 bits per heavy atom. The molecule has 2 rings (SSSR count). The number of hydrogen-bond acceptors (Lipinski definition) is 1. The van der Waals surface area contributed by atoms with Crippen LogP contribution in [0.1, 0.15) is 23.6 Å². The van der Waals surface area contributed by atoms with Gasteiger partial charge in [-0.15, -0.1) is 0 Å². The lowest BCUT2D eigenvalue weighted by Gasteiger charge is -2.13. The van der Waals surface area contributed by atoms with Crippen LogP contribution in [0, 0.1) is 13.8 Å². The van der Waals surface area contributed by atoms with Crippen LogP contribution in [0.15, 0.2) is 36.4 Å². The number of aryl methyl sites for hydroxylation is 3. The van der Waals surface area contributed by atoms with Crippen LogP contribution in [0.2, 0.25) is 0 Å². The van der Waals surface area contributed by atoms with E-state index in [0.29, 0.717) is 5.75 Å². The highest BCUT2D eigenvalue weighted by atomic mass is 16.3. The van der Waals surface area contributed by atoms with Crippen molar-refractivity contribution in [3.05, 3.63) is 53.1 Å². The van der Waals surface area contributed by atoms with E-state index in [-0.39, 0.29) is 0 Å². The van der Waals surface area contributed by atoms with Gasteiger partial charge in [-0.2, -0.15) is 0 Å². The molecule has 0 aromatic heterocycles. The topological polar surface area (TPSA) is 20.2 Å². The molecule has 1 heteroatoms. The molecule has 1 N–H and O–H groups in total. The maximum atomic E-state index is 10.3. The Hall–Kier alpha value is -1.76. The molecule has 0 saturated heterocycles. The molecule has 0 bridgehead atoms. The molecule has 1 nitrogen and oxygen atoms in total. The summed E-state index contributed by atoms with van der Waals surface area (Å²) in [5.41, 5.74) is 5.51. The first-order valence-electron chi connectivity index (χ1n) is 6.02. The van der Waals surface area contributed by atoms with Gasteiger partial charge in [0.25, 0.3) is 0 Å². The zero-order valence-electron chi connectivity index (χ0n) is 10.6. The van der Waals surface area contributed by atoms with Crippen LogP contribution in [0.25, 0.3) is 11.1 Å². The third-order valence-electron chi connectivity index (χ3n) is 3.25. The van der Waals surface area contributed by atoms with Gasteiger partial charge in [0.05, 0.1) is 0 Å². The van der Waals surface area contributed by atoms with Crippen molar-refractivity contribution < 1.29 is 5.11 Å². The molecule has 0 radical (unpaired) electrons. The Morgan fingerprint density at radius 1 is 0.941 bits per heavy atom. The van der Waals surface area contributed by atoms with Gasteiger partial charge in [0.15, 0.2) is 0 Å². The zero-order valence-corrected chi connectivity index (χ0v) is 10.6. The van der Waals surface area contributed by atoms with Gasteiger partial charge in [-0.3, -0.25) is 0 Å². The lowest BCUT2D eigenvalue weighted by atomic mass is 9.93. The summed E-state index contributed by atoms with van der Waals surface area (Å²) in [6.07, 6.45) is 0.852. The van der Waals surface area contributed by atoms with Gasteiger partial charge >= 0.3 is 0 Å². The first-order valence-corrected chi connectivity index (χ1v) is 6.02. The Morgan fingerprint density at radius 2 is 1.53 bits per heavy atom. The molecule has 0 saturated carbocycles. The van der Waals surface area contributed by atoms with Gasteiger partial charge in [0, 0.05) is 5.56 Å². The second-order valence-corrected chi connectivity index (χ2v) is 4.43. The molecule has 0 fully saturated rings. The summed E-state index contributed by atoms with van der Waals surface area (Å²) >= 11 is 0. The van der Waals surface area contributed by atoms with Crippen molar-refractivity contribution in [2.45, 2.75) is 27.2 Å². The second kappa shape index (κ2) is 4.62. The standard InChI is InChI=1S/C16H18O/c1-4-13-9-6-10-14(16(13)17)15-11(2)7-5-8-12(15)3/h5-10,17H,4H2,1-3H3. The molecule has 88 valence electrons. The van der Waals surface area contributed by atoms with Gasteiger partial charge in [-0.1, -0.05) is 43.3 Å². The molecular formula is C16H18O. The third kappa shape index (κ3) is 2.05. The van der Waals surface area contributed by atoms with Crippen LogP contribution in [0.4, 0.5) is 0 Å². The summed E-state index contributed by atoms with van der Waals surface area (Å²) < 4.78 is 0. The number of para-hydroxylation sites is 1. The average Bonchev–Trinajstić information content (AvgIpc) is 2.31. The van der Waals surface area contributed by atoms with E-state index >= 15 is 0 Å². The van der Waals surface area contributed by atoms with Crippen LogP contribution < -0.4 is 0 Å². The fourth-order valence-corrected chi connectivity index (χ4v) is 2.32. The molecule has 0 unspecified atom stereocenters. The Bertz CT molecular complexity index is 521. The molecular weight excluding hydrogens is 208 g/mol. The average molecular weight is 226 g/mol. The molecule has 0 aliphatic heterocycles. The molecule has 0 amide bonds. The number of phenols is 1. The summed E-state index contributed by atoms with van der Waals surface area (Å²) in [7, 11) is 0. The summed E-state index contributed by atoms with van der Waals surface area (Å²) in [5.74, 6) is 0.424. The van der Waals surface area contributed by atoms with E-state index < -0.39 is 0 Å². The second-order valence-electron chi connectivity index (χ2n) is 4.43. The summed E-state index contributed by atoms with van der Waals surface area (Å²) in [6, 6.07) is 12.2. The van der Waals surface area contributed by atoms with E-state index in [9.17, 15) is 5.11 Å². The highest BCUT2D eigenvalue weighted by molar-refractivity contribution is 5.76. The molecule has 17 heavy (non-hydrogen) atoms. The fraction of sp³-hybridized carbons (Fsp3) is 0.250. The maximum Gasteiger partial charge on any atom is 0.126 e. The maximum absolute atomic E-state index is 10.3. The first kappa shape index (κ1) is 11.7. The predicted molar refractivity (Wildman–Crippen MR) is 72.4 cm³/mol. The van der Waals surface area contributed by atoms with Crippen molar-refractivity contribution in [3.8, 4) is 16.9 Å². The minimum absolute atomic E-state index is 0.424. The van der Waals surface area contributed by atoms with Crippen molar-refractivity contribution in [2.75, 3.05) is 0 Å². The number of rotatable bonds is 2. The zero-order chi connectivity index (χ0) is 12.4. The van der Waals surface area contributed by atoms with E-state index in [1.807, 2.05) is 18.2 Å². The van der Waals surface area contributed by atoms with Crippen LogP contribution in [0.3, 0.4) is 0 Å². The van der Waals surface area contributed by atoms with E-state index in [2.05, 4.69) is 39.0 Å².